The van der Waals surface area contributed by atoms with Crippen LogP contribution in [-0.2, 0) is 4.74 Å². The second-order valence-corrected chi connectivity index (χ2v) is 6.10. The van der Waals surface area contributed by atoms with Gasteiger partial charge in [0, 0.05) is 19.6 Å². The summed E-state index contributed by atoms with van der Waals surface area (Å²) in [6.07, 6.45) is -0.660. The fourth-order valence-corrected chi connectivity index (χ4v) is 3.25. The van der Waals surface area contributed by atoms with E-state index in [1.807, 2.05) is 0 Å². The number of cyclic esters (lactones) is 1. The number of carbonyl (C=O) groups excluding carboxylic acids is 1. The Morgan fingerprint density at radius 3 is 2.62 bits per heavy atom. The standard InChI is InChI=1S/C16H20FN3O4/c17-14-7-11(20-9-12(8-18)24-16(20)23)1-2-13(14)10-3-5-19(6-4-10)15(21)22/h1-2,7,10,12H,3-6,8-9,18H2,(H,21,22). The Bertz CT molecular complexity index is 646. The highest BCUT2D eigenvalue weighted by atomic mass is 19.1. The summed E-state index contributed by atoms with van der Waals surface area (Å²) >= 11 is 0. The number of nitrogens with zero attached hydrogens (tertiary/aromatic N) is 2. The second-order valence-electron chi connectivity index (χ2n) is 6.10. The maximum atomic E-state index is 14.5. The first kappa shape index (κ1) is 16.5. The van der Waals surface area contributed by atoms with Crippen molar-refractivity contribution in [3.05, 3.63) is 29.6 Å². The highest BCUT2D eigenvalue weighted by Crippen LogP contribution is 2.32. The molecule has 2 aliphatic heterocycles. The number of nitrogens with two attached hydrogens (primary N) is 1. The third-order valence-electron chi connectivity index (χ3n) is 4.64. The van der Waals surface area contributed by atoms with Gasteiger partial charge in [-0.15, -0.1) is 0 Å². The molecule has 0 aromatic heterocycles. The summed E-state index contributed by atoms with van der Waals surface area (Å²) in [4.78, 5) is 25.5. The Balaban J connectivity index is 1.72. The van der Waals surface area contributed by atoms with E-state index in [0.717, 1.165) is 0 Å². The van der Waals surface area contributed by atoms with Crippen LogP contribution < -0.4 is 10.6 Å². The Labute approximate surface area is 138 Å². The van der Waals surface area contributed by atoms with E-state index in [1.54, 1.807) is 12.1 Å². The van der Waals surface area contributed by atoms with Crippen molar-refractivity contribution in [3.8, 4) is 0 Å². The summed E-state index contributed by atoms with van der Waals surface area (Å²) in [6.45, 7) is 1.34. The zero-order valence-electron chi connectivity index (χ0n) is 13.2. The lowest BCUT2D eigenvalue weighted by Gasteiger charge is -2.30. The number of carbonyl (C=O) groups is 2. The highest BCUT2D eigenvalue weighted by Gasteiger charge is 2.32. The van der Waals surface area contributed by atoms with Crippen LogP contribution in [0.4, 0.5) is 19.7 Å². The SMILES string of the molecule is NCC1CN(c2ccc(C3CCN(C(=O)O)CC3)c(F)c2)C(=O)O1. The normalized spacial score (nSPS) is 21.9. The van der Waals surface area contributed by atoms with Crippen LogP contribution in [0, 0.1) is 5.82 Å². The van der Waals surface area contributed by atoms with Gasteiger partial charge in [0.05, 0.1) is 12.2 Å². The number of carboxylic acid groups (broad SMARTS) is 1. The monoisotopic (exact) mass is 337 g/mol. The van der Waals surface area contributed by atoms with E-state index >= 15 is 0 Å². The van der Waals surface area contributed by atoms with Crippen LogP contribution in [0.2, 0.25) is 0 Å². The molecule has 0 spiro atoms. The molecular weight excluding hydrogens is 317 g/mol. The van der Waals surface area contributed by atoms with Crippen molar-refractivity contribution in [2.24, 2.45) is 5.73 Å². The van der Waals surface area contributed by atoms with Crippen LogP contribution in [0.1, 0.15) is 24.3 Å². The zero-order chi connectivity index (χ0) is 17.3. The minimum Gasteiger partial charge on any atom is -0.465 e. The van der Waals surface area contributed by atoms with Gasteiger partial charge in [0.15, 0.2) is 0 Å². The molecule has 3 N–H and O–H groups in total. The molecule has 1 unspecified atom stereocenters. The van der Waals surface area contributed by atoms with Gasteiger partial charge in [-0.3, -0.25) is 4.90 Å². The summed E-state index contributed by atoms with van der Waals surface area (Å²) in [7, 11) is 0. The predicted octanol–water partition coefficient (Wildman–Crippen LogP) is 1.97. The minimum absolute atomic E-state index is 0.0167. The lowest BCUT2D eigenvalue weighted by Crippen LogP contribution is -2.37. The average Bonchev–Trinajstić information content (AvgIpc) is 2.96. The number of rotatable bonds is 3. The van der Waals surface area contributed by atoms with E-state index in [-0.39, 0.29) is 24.4 Å². The molecule has 1 aromatic rings. The average molecular weight is 337 g/mol. The number of halogens is 1. The van der Waals surface area contributed by atoms with Crippen molar-refractivity contribution in [2.75, 3.05) is 31.1 Å². The van der Waals surface area contributed by atoms with Gasteiger partial charge < -0.3 is 20.5 Å². The summed E-state index contributed by atoms with van der Waals surface area (Å²) in [5.74, 6) is -0.401. The summed E-state index contributed by atoms with van der Waals surface area (Å²) in [5, 5.41) is 8.97. The Kier molecular flexibility index (Phi) is 4.57. The molecule has 1 aromatic carbocycles. The molecule has 1 atom stereocenters. The molecule has 24 heavy (non-hydrogen) atoms. The molecule has 0 bridgehead atoms. The first-order valence-corrected chi connectivity index (χ1v) is 7.95. The molecule has 2 fully saturated rings. The van der Waals surface area contributed by atoms with Crippen molar-refractivity contribution >= 4 is 17.9 Å². The Hall–Kier alpha value is -2.35. The third kappa shape index (κ3) is 3.14. The first-order valence-electron chi connectivity index (χ1n) is 7.95. The summed E-state index contributed by atoms with van der Waals surface area (Å²) < 4.78 is 19.6. The van der Waals surface area contributed by atoms with Crippen LogP contribution in [-0.4, -0.2) is 54.5 Å². The fraction of sp³-hybridized carbons (Fsp3) is 0.500. The second kappa shape index (κ2) is 6.64. The quantitative estimate of drug-likeness (QED) is 0.879. The number of piperidine rings is 1. The predicted molar refractivity (Wildman–Crippen MR) is 84.6 cm³/mol. The number of hydrogen-bond donors (Lipinski definition) is 2. The number of amides is 2. The van der Waals surface area contributed by atoms with Gasteiger partial charge in [-0.2, -0.15) is 0 Å². The minimum atomic E-state index is -0.939. The van der Waals surface area contributed by atoms with Gasteiger partial charge in [-0.25, -0.2) is 14.0 Å². The van der Waals surface area contributed by atoms with E-state index < -0.39 is 12.2 Å². The molecule has 0 aliphatic carbocycles. The van der Waals surface area contributed by atoms with Crippen LogP contribution in [0.5, 0.6) is 0 Å². The van der Waals surface area contributed by atoms with E-state index in [4.69, 9.17) is 15.6 Å². The molecular formula is C16H20FN3O4. The van der Waals surface area contributed by atoms with Crippen molar-refractivity contribution in [1.29, 1.82) is 0 Å². The summed E-state index contributed by atoms with van der Waals surface area (Å²) in [5.41, 5.74) is 6.50. The molecule has 7 nitrogen and oxygen atoms in total. The number of anilines is 1. The van der Waals surface area contributed by atoms with Crippen molar-refractivity contribution in [1.82, 2.24) is 4.90 Å². The highest BCUT2D eigenvalue weighted by molar-refractivity contribution is 5.89. The molecule has 2 aliphatic rings. The van der Waals surface area contributed by atoms with Gasteiger partial charge in [0.25, 0.3) is 0 Å². The topological polar surface area (TPSA) is 96.1 Å². The van der Waals surface area contributed by atoms with Gasteiger partial charge in [0.1, 0.15) is 11.9 Å². The molecule has 8 heteroatoms. The van der Waals surface area contributed by atoms with Gasteiger partial charge in [0.2, 0.25) is 0 Å². The van der Waals surface area contributed by atoms with Crippen LogP contribution in [0.15, 0.2) is 18.2 Å². The molecule has 2 heterocycles. The van der Waals surface area contributed by atoms with E-state index in [1.165, 1.54) is 15.9 Å². The van der Waals surface area contributed by atoms with Gasteiger partial charge in [-0.05, 0) is 36.5 Å². The molecule has 0 radical (unpaired) electrons. The smallest absolute Gasteiger partial charge is 0.414 e. The van der Waals surface area contributed by atoms with Gasteiger partial charge in [-0.1, -0.05) is 6.07 Å². The maximum Gasteiger partial charge on any atom is 0.414 e. The van der Waals surface area contributed by atoms with Crippen LogP contribution in [0.25, 0.3) is 0 Å². The number of ether oxygens (including phenoxy) is 1. The molecule has 2 saturated heterocycles. The molecule has 130 valence electrons. The van der Waals surface area contributed by atoms with Crippen molar-refractivity contribution in [3.63, 3.8) is 0 Å². The Morgan fingerprint density at radius 1 is 1.38 bits per heavy atom. The molecule has 3 rings (SSSR count). The number of hydrogen-bond acceptors (Lipinski definition) is 4. The largest absolute Gasteiger partial charge is 0.465 e. The molecule has 2 amide bonds. The number of likely N-dealkylation sites (tertiary alicyclic amines) is 1. The van der Waals surface area contributed by atoms with Crippen LogP contribution >= 0.6 is 0 Å². The zero-order valence-corrected chi connectivity index (χ0v) is 13.2. The number of benzene rings is 1. The summed E-state index contributed by atoms with van der Waals surface area (Å²) in [6, 6.07) is 4.70. The third-order valence-corrected chi connectivity index (χ3v) is 4.64. The maximum absolute atomic E-state index is 14.5. The lowest BCUT2D eigenvalue weighted by atomic mass is 9.89. The Morgan fingerprint density at radius 2 is 2.08 bits per heavy atom. The van der Waals surface area contributed by atoms with Crippen LogP contribution in [0.3, 0.4) is 0 Å². The first-order chi connectivity index (χ1) is 11.5. The van der Waals surface area contributed by atoms with E-state index in [0.29, 0.717) is 43.7 Å². The van der Waals surface area contributed by atoms with Crippen molar-refractivity contribution < 1.29 is 23.8 Å². The van der Waals surface area contributed by atoms with Gasteiger partial charge >= 0.3 is 12.2 Å². The van der Waals surface area contributed by atoms with E-state index in [2.05, 4.69) is 0 Å². The molecule has 0 saturated carbocycles. The van der Waals surface area contributed by atoms with Crippen molar-refractivity contribution in [2.45, 2.75) is 24.9 Å². The lowest BCUT2D eigenvalue weighted by molar-refractivity contribution is 0.131. The fourth-order valence-electron chi connectivity index (χ4n) is 3.25. The van der Waals surface area contributed by atoms with E-state index in [9.17, 15) is 14.0 Å².